The monoisotopic (exact) mass is 226 g/mol. The van der Waals surface area contributed by atoms with Crippen LogP contribution in [0.5, 0.6) is 0 Å². The fraction of sp³-hybridized carbons (Fsp3) is 1.00. The standard InChI is InChI=1S/C4H12O3P.BF4/c1-5-8(4,6-2)7-3;2-1(3,4)5/h1-4H3;/q+1;-1. The highest BCUT2D eigenvalue weighted by molar-refractivity contribution is 7.60. The van der Waals surface area contributed by atoms with E-state index in [2.05, 4.69) is 0 Å². The van der Waals surface area contributed by atoms with Crippen molar-refractivity contribution >= 4 is 15.2 Å². The van der Waals surface area contributed by atoms with Crippen molar-refractivity contribution in [3.05, 3.63) is 0 Å². The van der Waals surface area contributed by atoms with Gasteiger partial charge in [-0.3, -0.25) is 0 Å². The Hall–Kier alpha value is 0.0949. The minimum Gasteiger partial charge on any atom is -0.418 e. The van der Waals surface area contributed by atoms with E-state index >= 15 is 0 Å². The van der Waals surface area contributed by atoms with Gasteiger partial charge in [0.15, 0.2) is 0 Å². The fourth-order valence-electron chi connectivity index (χ4n) is 0.224. The summed E-state index contributed by atoms with van der Waals surface area (Å²) < 4.78 is 53.7. The van der Waals surface area contributed by atoms with E-state index in [0.29, 0.717) is 0 Å². The van der Waals surface area contributed by atoms with E-state index in [-0.39, 0.29) is 0 Å². The van der Waals surface area contributed by atoms with Crippen LogP contribution in [0.1, 0.15) is 0 Å². The van der Waals surface area contributed by atoms with Gasteiger partial charge in [0.1, 0.15) is 6.66 Å². The molecule has 82 valence electrons. The van der Waals surface area contributed by atoms with E-state index in [1.807, 2.05) is 0 Å². The molecule has 0 bridgehead atoms. The summed E-state index contributed by atoms with van der Waals surface area (Å²) in [6.07, 6.45) is 0. The lowest BCUT2D eigenvalue weighted by Crippen LogP contribution is -2.02. The smallest absolute Gasteiger partial charge is 0.418 e. The molecule has 0 saturated heterocycles. The van der Waals surface area contributed by atoms with Crippen LogP contribution in [0, 0.1) is 0 Å². The fourth-order valence-corrected chi connectivity index (χ4v) is 0.671. The molecular weight excluding hydrogens is 214 g/mol. The van der Waals surface area contributed by atoms with Gasteiger partial charge in [-0.25, -0.2) is 0 Å². The predicted octanol–water partition coefficient (Wildman–Crippen LogP) is 2.62. The molecule has 3 nitrogen and oxygen atoms in total. The van der Waals surface area contributed by atoms with Gasteiger partial charge in [-0.05, 0) is 0 Å². The average molecular weight is 226 g/mol. The molecule has 0 aromatic carbocycles. The van der Waals surface area contributed by atoms with Crippen LogP contribution in [0.2, 0.25) is 0 Å². The van der Waals surface area contributed by atoms with E-state index in [1.165, 1.54) is 0 Å². The second-order valence-electron chi connectivity index (χ2n) is 1.81. The molecule has 0 N–H and O–H groups in total. The first-order valence-corrected chi connectivity index (χ1v) is 5.08. The van der Waals surface area contributed by atoms with Gasteiger partial charge >= 0.3 is 15.2 Å². The van der Waals surface area contributed by atoms with E-state index in [0.717, 1.165) is 0 Å². The molecule has 0 fully saturated rings. The van der Waals surface area contributed by atoms with Gasteiger partial charge in [-0.1, -0.05) is 0 Å². The van der Waals surface area contributed by atoms with Crippen LogP contribution in [-0.4, -0.2) is 35.2 Å². The molecule has 0 saturated carbocycles. The molecule has 0 aromatic rings. The number of hydrogen-bond donors (Lipinski definition) is 0. The molecule has 0 aliphatic carbocycles. The van der Waals surface area contributed by atoms with Crippen LogP contribution < -0.4 is 0 Å². The summed E-state index contributed by atoms with van der Waals surface area (Å²) in [6.45, 7) is 1.80. The molecule has 0 spiro atoms. The van der Waals surface area contributed by atoms with Crippen LogP contribution >= 0.6 is 7.94 Å². The summed E-state index contributed by atoms with van der Waals surface area (Å²) in [5.41, 5.74) is 0. The van der Waals surface area contributed by atoms with Crippen molar-refractivity contribution in [3.63, 3.8) is 0 Å². The van der Waals surface area contributed by atoms with Gasteiger partial charge < -0.3 is 17.3 Å². The van der Waals surface area contributed by atoms with Crippen molar-refractivity contribution < 1.29 is 30.8 Å². The van der Waals surface area contributed by atoms with Gasteiger partial charge in [0.25, 0.3) is 0 Å². The van der Waals surface area contributed by atoms with E-state index in [1.54, 1.807) is 28.0 Å². The van der Waals surface area contributed by atoms with Gasteiger partial charge in [0.2, 0.25) is 0 Å². The third-order valence-electron chi connectivity index (χ3n) is 0.995. The molecule has 0 rings (SSSR count). The topological polar surface area (TPSA) is 27.7 Å². The first-order chi connectivity index (χ1) is 5.68. The van der Waals surface area contributed by atoms with Crippen molar-refractivity contribution in [2.24, 2.45) is 0 Å². The summed E-state index contributed by atoms with van der Waals surface area (Å²) >= 11 is 0. The molecular formula is C4H12BF4O3P. The Morgan fingerprint density at radius 3 is 1.00 bits per heavy atom. The second kappa shape index (κ2) is 6.53. The molecule has 13 heavy (non-hydrogen) atoms. The molecule has 0 aromatic heterocycles. The van der Waals surface area contributed by atoms with E-state index in [9.17, 15) is 17.3 Å². The largest absolute Gasteiger partial charge is 0.673 e. The SMILES string of the molecule is CO[P+](C)(OC)OC.F[B-](F)(F)F. The third-order valence-corrected chi connectivity index (χ3v) is 2.98. The Morgan fingerprint density at radius 1 is 0.846 bits per heavy atom. The van der Waals surface area contributed by atoms with Crippen LogP contribution in [0.4, 0.5) is 17.3 Å². The number of hydrogen-bond acceptors (Lipinski definition) is 3. The quantitative estimate of drug-likeness (QED) is 0.420. The van der Waals surface area contributed by atoms with E-state index < -0.39 is 15.2 Å². The lowest BCUT2D eigenvalue weighted by atomic mass is 10.3. The summed E-state index contributed by atoms with van der Waals surface area (Å²) in [5, 5.41) is 0. The van der Waals surface area contributed by atoms with Crippen molar-refractivity contribution in [1.29, 1.82) is 0 Å². The maximum atomic E-state index is 9.75. The Labute approximate surface area is 75.0 Å². The molecule has 0 aliphatic heterocycles. The highest BCUT2D eigenvalue weighted by Gasteiger charge is 2.33. The lowest BCUT2D eigenvalue weighted by molar-refractivity contribution is 0.217. The maximum absolute atomic E-state index is 9.75. The Balaban J connectivity index is 0. The van der Waals surface area contributed by atoms with Gasteiger partial charge in [-0.2, -0.15) is 13.6 Å². The summed E-state index contributed by atoms with van der Waals surface area (Å²) in [5.74, 6) is 0. The Bertz CT molecular complexity index is 115. The maximum Gasteiger partial charge on any atom is 0.673 e. The van der Waals surface area contributed by atoms with Gasteiger partial charge in [0.05, 0.1) is 21.3 Å². The minimum absolute atomic E-state index is 1.57. The molecule has 9 heteroatoms. The number of rotatable bonds is 3. The third kappa shape index (κ3) is 14.9. The predicted molar refractivity (Wildman–Crippen MR) is 44.1 cm³/mol. The Morgan fingerprint density at radius 2 is 1.00 bits per heavy atom. The normalized spacial score (nSPS) is 12.0. The molecule has 0 atom stereocenters. The van der Waals surface area contributed by atoms with Crippen LogP contribution in [0.15, 0.2) is 0 Å². The van der Waals surface area contributed by atoms with Crippen molar-refractivity contribution in [2.45, 2.75) is 0 Å². The van der Waals surface area contributed by atoms with Crippen LogP contribution in [0.3, 0.4) is 0 Å². The summed E-state index contributed by atoms with van der Waals surface area (Å²) in [7, 11) is -3.20. The molecule has 0 unspecified atom stereocenters. The second-order valence-corrected chi connectivity index (χ2v) is 4.45. The van der Waals surface area contributed by atoms with Crippen molar-refractivity contribution in [1.82, 2.24) is 0 Å². The molecule has 0 radical (unpaired) electrons. The van der Waals surface area contributed by atoms with E-state index in [4.69, 9.17) is 13.6 Å². The highest BCUT2D eigenvalue weighted by Crippen LogP contribution is 2.56. The van der Waals surface area contributed by atoms with Crippen molar-refractivity contribution in [2.75, 3.05) is 28.0 Å². The van der Waals surface area contributed by atoms with Crippen molar-refractivity contribution in [3.8, 4) is 0 Å². The van der Waals surface area contributed by atoms with Gasteiger partial charge in [0, 0.05) is 0 Å². The van der Waals surface area contributed by atoms with Crippen LogP contribution in [0.25, 0.3) is 0 Å². The lowest BCUT2D eigenvalue weighted by Gasteiger charge is -2.10. The first-order valence-electron chi connectivity index (χ1n) is 3.09. The zero-order valence-electron chi connectivity index (χ0n) is 7.76. The van der Waals surface area contributed by atoms with Crippen LogP contribution in [-0.2, 0) is 13.6 Å². The average Bonchev–Trinajstić information content (AvgIpc) is 2.00. The molecule has 0 amide bonds. The number of halogens is 4. The summed E-state index contributed by atoms with van der Waals surface area (Å²) in [6, 6.07) is 0. The minimum atomic E-state index is -6.00. The summed E-state index contributed by atoms with van der Waals surface area (Å²) in [4.78, 5) is 0. The highest BCUT2D eigenvalue weighted by atomic mass is 31.2. The molecule has 0 heterocycles. The Kier molecular flexibility index (Phi) is 7.82. The zero-order valence-corrected chi connectivity index (χ0v) is 8.66. The molecule has 0 aliphatic rings. The zero-order chi connectivity index (χ0) is 11.1. The first kappa shape index (κ1) is 15.6. The van der Waals surface area contributed by atoms with Gasteiger partial charge in [-0.15, -0.1) is 0 Å².